The summed E-state index contributed by atoms with van der Waals surface area (Å²) in [5.74, 6) is -2.16. The van der Waals surface area contributed by atoms with Crippen molar-refractivity contribution in [1.29, 1.82) is 0 Å². The zero-order chi connectivity index (χ0) is 27.1. The Morgan fingerprint density at radius 3 is 2.29 bits per heavy atom. The summed E-state index contributed by atoms with van der Waals surface area (Å²) in [5.41, 5.74) is 3.22. The third kappa shape index (κ3) is 7.06. The van der Waals surface area contributed by atoms with E-state index in [0.29, 0.717) is 25.6 Å². The first-order valence-corrected chi connectivity index (χ1v) is 12.6. The van der Waals surface area contributed by atoms with Gasteiger partial charge in [0.05, 0.1) is 17.6 Å². The maximum absolute atomic E-state index is 13.4. The molecule has 2 saturated heterocycles. The van der Waals surface area contributed by atoms with Gasteiger partial charge in [0.15, 0.2) is 0 Å². The fourth-order valence-electron chi connectivity index (χ4n) is 4.79. The molecule has 11 heteroatoms. The molecule has 2 aliphatic rings. The zero-order valence-corrected chi connectivity index (χ0v) is 21.0. The standard InChI is InChI=1S/C25H29FN4O2.C2H2O4/c26-21-7-5-20(6-8-21)18-30-23-4-2-1-3-22(23)27-24(30)17-19-9-11-28(12-10-19)13-14-29-15-16-32-25(29)31;3-1(4)2(5)6/h1-8,19H,9-18H2;(H,3,4)(H,5,6). The topological polar surface area (TPSA) is 125 Å². The molecule has 0 radical (unpaired) electrons. The van der Waals surface area contributed by atoms with Gasteiger partial charge in [0.2, 0.25) is 0 Å². The van der Waals surface area contributed by atoms with Crippen LogP contribution in [0.25, 0.3) is 11.0 Å². The number of amides is 1. The molecular weight excluding hydrogens is 495 g/mol. The average molecular weight is 527 g/mol. The molecule has 0 aliphatic carbocycles. The molecule has 38 heavy (non-hydrogen) atoms. The molecule has 3 aromatic rings. The molecule has 2 fully saturated rings. The molecule has 5 rings (SSSR count). The van der Waals surface area contributed by atoms with Crippen LogP contribution in [-0.2, 0) is 27.3 Å². The Bertz CT molecular complexity index is 1260. The Kier molecular flexibility index (Phi) is 8.90. The van der Waals surface area contributed by atoms with Crippen LogP contribution in [0.3, 0.4) is 0 Å². The second-order valence-corrected chi connectivity index (χ2v) is 9.43. The highest BCUT2D eigenvalue weighted by molar-refractivity contribution is 6.27. The van der Waals surface area contributed by atoms with Crippen molar-refractivity contribution in [3.05, 3.63) is 65.7 Å². The predicted octanol–water partition coefficient (Wildman–Crippen LogP) is 3.09. The number of ether oxygens (including phenoxy) is 1. The molecule has 10 nitrogen and oxygen atoms in total. The van der Waals surface area contributed by atoms with E-state index in [2.05, 4.69) is 21.6 Å². The van der Waals surface area contributed by atoms with Crippen LogP contribution in [0.15, 0.2) is 48.5 Å². The first-order valence-electron chi connectivity index (χ1n) is 12.6. The van der Waals surface area contributed by atoms with Gasteiger partial charge in [-0.2, -0.15) is 0 Å². The van der Waals surface area contributed by atoms with Gasteiger partial charge in [-0.15, -0.1) is 0 Å². The summed E-state index contributed by atoms with van der Waals surface area (Å²) in [6, 6.07) is 15.0. The van der Waals surface area contributed by atoms with Crippen molar-refractivity contribution < 1.29 is 33.7 Å². The van der Waals surface area contributed by atoms with Crippen molar-refractivity contribution in [1.82, 2.24) is 19.4 Å². The number of piperidine rings is 1. The number of nitrogens with zero attached hydrogens (tertiary/aromatic N) is 4. The third-order valence-corrected chi connectivity index (χ3v) is 6.88. The second-order valence-electron chi connectivity index (χ2n) is 9.43. The van der Waals surface area contributed by atoms with Gasteiger partial charge in [0.1, 0.15) is 18.2 Å². The molecule has 2 aromatic carbocycles. The van der Waals surface area contributed by atoms with Crippen LogP contribution < -0.4 is 0 Å². The van der Waals surface area contributed by atoms with Gasteiger partial charge in [0, 0.05) is 26.1 Å². The maximum Gasteiger partial charge on any atom is 0.414 e. The summed E-state index contributed by atoms with van der Waals surface area (Å²) in [5, 5.41) is 14.8. The number of imidazole rings is 1. The van der Waals surface area contributed by atoms with Crippen LogP contribution in [0.1, 0.15) is 24.2 Å². The SMILES string of the molecule is O=C(O)C(=O)O.O=C1OCCN1CCN1CCC(Cc2nc3ccccc3n2Cc2ccc(F)cc2)CC1. The second kappa shape index (κ2) is 12.5. The molecular formula is C27H31FN4O6. The number of halogens is 1. The van der Waals surface area contributed by atoms with Gasteiger partial charge >= 0.3 is 18.0 Å². The number of rotatable bonds is 7. The lowest BCUT2D eigenvalue weighted by Gasteiger charge is -2.32. The number of aromatic nitrogens is 2. The summed E-state index contributed by atoms with van der Waals surface area (Å²) in [4.78, 5) is 39.0. The maximum atomic E-state index is 13.4. The van der Waals surface area contributed by atoms with Crippen LogP contribution in [0, 0.1) is 11.7 Å². The summed E-state index contributed by atoms with van der Waals surface area (Å²) in [6.45, 7) is 5.67. The molecule has 2 aliphatic heterocycles. The number of fused-ring (bicyclic) bond motifs is 1. The number of cyclic esters (lactones) is 1. The lowest BCUT2D eigenvalue weighted by atomic mass is 9.93. The van der Waals surface area contributed by atoms with Gasteiger partial charge < -0.3 is 29.3 Å². The quantitative estimate of drug-likeness (QED) is 0.450. The molecule has 0 bridgehead atoms. The van der Waals surface area contributed by atoms with Gasteiger partial charge in [-0.05, 0) is 61.7 Å². The molecule has 0 spiro atoms. The minimum Gasteiger partial charge on any atom is -0.473 e. The number of hydrogen-bond donors (Lipinski definition) is 2. The van der Waals surface area contributed by atoms with Crippen molar-refractivity contribution in [3.63, 3.8) is 0 Å². The lowest BCUT2D eigenvalue weighted by molar-refractivity contribution is -0.159. The molecule has 0 atom stereocenters. The Labute approximate surface area is 219 Å². The highest BCUT2D eigenvalue weighted by atomic mass is 19.1. The van der Waals surface area contributed by atoms with Crippen LogP contribution in [0.2, 0.25) is 0 Å². The van der Waals surface area contributed by atoms with E-state index >= 15 is 0 Å². The lowest BCUT2D eigenvalue weighted by Crippen LogP contribution is -2.40. The van der Waals surface area contributed by atoms with Crippen molar-refractivity contribution >= 4 is 29.1 Å². The Morgan fingerprint density at radius 2 is 1.66 bits per heavy atom. The van der Waals surface area contributed by atoms with Crippen LogP contribution in [0.4, 0.5) is 9.18 Å². The van der Waals surface area contributed by atoms with Crippen molar-refractivity contribution in [2.45, 2.75) is 25.8 Å². The van der Waals surface area contributed by atoms with Crippen molar-refractivity contribution in [2.24, 2.45) is 5.92 Å². The fraction of sp³-hybridized carbons (Fsp3) is 0.407. The zero-order valence-electron chi connectivity index (χ0n) is 21.0. The minimum absolute atomic E-state index is 0.181. The molecule has 2 N–H and O–H groups in total. The number of carboxylic acid groups (broad SMARTS) is 2. The fourth-order valence-corrected chi connectivity index (χ4v) is 4.79. The van der Waals surface area contributed by atoms with Gasteiger partial charge in [-0.25, -0.2) is 23.8 Å². The van der Waals surface area contributed by atoms with E-state index in [4.69, 9.17) is 29.5 Å². The number of carboxylic acids is 2. The first kappa shape index (κ1) is 27.1. The first-order chi connectivity index (χ1) is 18.3. The predicted molar refractivity (Wildman–Crippen MR) is 136 cm³/mol. The molecule has 3 heterocycles. The molecule has 0 unspecified atom stereocenters. The molecule has 1 amide bonds. The van der Waals surface area contributed by atoms with Gasteiger partial charge in [-0.1, -0.05) is 24.3 Å². The van der Waals surface area contributed by atoms with Crippen molar-refractivity contribution in [3.8, 4) is 0 Å². The van der Waals surface area contributed by atoms with E-state index in [1.54, 1.807) is 4.90 Å². The van der Waals surface area contributed by atoms with E-state index in [9.17, 15) is 9.18 Å². The third-order valence-electron chi connectivity index (χ3n) is 6.88. The number of benzene rings is 2. The van der Waals surface area contributed by atoms with E-state index in [1.165, 1.54) is 12.1 Å². The van der Waals surface area contributed by atoms with Crippen LogP contribution in [-0.4, -0.2) is 86.9 Å². The van der Waals surface area contributed by atoms with E-state index in [-0.39, 0.29) is 11.9 Å². The summed E-state index contributed by atoms with van der Waals surface area (Å²) in [6.07, 6.45) is 3.02. The Balaban J connectivity index is 0.000000505. The largest absolute Gasteiger partial charge is 0.473 e. The van der Waals surface area contributed by atoms with Crippen LogP contribution in [0.5, 0.6) is 0 Å². The molecule has 202 valence electrons. The van der Waals surface area contributed by atoms with Crippen LogP contribution >= 0.6 is 0 Å². The Hall–Kier alpha value is -3.99. The van der Waals surface area contributed by atoms with Gasteiger partial charge in [0.25, 0.3) is 0 Å². The molecule has 1 aromatic heterocycles. The molecule has 0 saturated carbocycles. The normalized spacial score (nSPS) is 16.2. The number of aliphatic carboxylic acids is 2. The van der Waals surface area contributed by atoms with Crippen molar-refractivity contribution in [2.75, 3.05) is 39.3 Å². The summed E-state index contributed by atoms with van der Waals surface area (Å²) < 4.78 is 20.7. The minimum atomic E-state index is -1.82. The number of hydrogen-bond acceptors (Lipinski definition) is 6. The van der Waals surface area contributed by atoms with E-state index in [0.717, 1.165) is 67.9 Å². The van der Waals surface area contributed by atoms with Gasteiger partial charge in [-0.3, -0.25) is 0 Å². The number of carbonyl (C=O) groups excluding carboxylic acids is 1. The number of likely N-dealkylation sites (tertiary alicyclic amines) is 1. The highest BCUT2D eigenvalue weighted by Crippen LogP contribution is 2.25. The monoisotopic (exact) mass is 526 g/mol. The smallest absolute Gasteiger partial charge is 0.414 e. The van der Waals surface area contributed by atoms with E-state index < -0.39 is 11.9 Å². The highest BCUT2D eigenvalue weighted by Gasteiger charge is 2.25. The Morgan fingerprint density at radius 1 is 0.974 bits per heavy atom. The number of para-hydroxylation sites is 2. The average Bonchev–Trinajstić information content (AvgIpc) is 3.48. The summed E-state index contributed by atoms with van der Waals surface area (Å²) >= 11 is 0. The summed E-state index contributed by atoms with van der Waals surface area (Å²) in [7, 11) is 0. The van der Waals surface area contributed by atoms with E-state index in [1.807, 2.05) is 24.3 Å². The number of carbonyl (C=O) groups is 3.